The van der Waals surface area contributed by atoms with Crippen LogP contribution >= 0.6 is 0 Å². The smallest absolute Gasteiger partial charge is 0.0110 e. The van der Waals surface area contributed by atoms with E-state index in [4.69, 9.17) is 0 Å². The highest BCUT2D eigenvalue weighted by molar-refractivity contribution is 4.68. The molecule has 0 atom stereocenters. The van der Waals surface area contributed by atoms with Crippen LogP contribution in [-0.4, -0.2) is 98.6 Å². The van der Waals surface area contributed by atoms with E-state index in [1.54, 1.807) is 0 Å². The summed E-state index contributed by atoms with van der Waals surface area (Å²) in [6.45, 7) is 23.4. The molecule has 0 aliphatic rings. The molecular weight excluding hydrogens is 284 g/mol. The van der Waals surface area contributed by atoms with Crippen LogP contribution in [0, 0.1) is 0 Å². The summed E-state index contributed by atoms with van der Waals surface area (Å²) < 4.78 is 0. The van der Waals surface area contributed by atoms with Crippen molar-refractivity contribution in [3.63, 3.8) is 0 Å². The van der Waals surface area contributed by atoms with Gasteiger partial charge in [-0.3, -0.25) is 4.90 Å². The van der Waals surface area contributed by atoms with Gasteiger partial charge in [-0.2, -0.15) is 0 Å². The zero-order valence-electron chi connectivity index (χ0n) is 17.9. The van der Waals surface area contributed by atoms with Gasteiger partial charge in [0, 0.05) is 51.4 Å². The molecule has 0 saturated carbocycles. The van der Waals surface area contributed by atoms with Crippen LogP contribution in [-0.2, 0) is 0 Å². The van der Waals surface area contributed by atoms with Gasteiger partial charge in [0.15, 0.2) is 0 Å². The monoisotopic (exact) mass is 330 g/mol. The molecule has 4 heteroatoms. The molecule has 0 N–H and O–H groups in total. The van der Waals surface area contributed by atoms with E-state index in [9.17, 15) is 0 Å². The molecule has 23 heavy (non-hydrogen) atoms. The second-order valence-electron chi connectivity index (χ2n) is 6.89. The standard InChI is InChI=1S/C17H40N4.C2H6/c1-9-18(6)10-13-21(14-11-19(7)16(2)3)15-12-20(8)17(4)5;1-2/h16-17H,9-15H2,1-8H3;1-2H3. The maximum absolute atomic E-state index is 2.62. The molecule has 0 fully saturated rings. The van der Waals surface area contributed by atoms with Gasteiger partial charge >= 0.3 is 0 Å². The summed E-state index contributed by atoms with van der Waals surface area (Å²) in [6.07, 6.45) is 0. The Kier molecular flexibility index (Phi) is 16.8. The number of hydrogen-bond donors (Lipinski definition) is 0. The van der Waals surface area contributed by atoms with Crippen LogP contribution in [0.1, 0.15) is 48.5 Å². The molecule has 0 aromatic heterocycles. The lowest BCUT2D eigenvalue weighted by molar-refractivity contribution is 0.162. The molecule has 4 nitrogen and oxygen atoms in total. The molecule has 0 aliphatic carbocycles. The Balaban J connectivity index is 0. The highest BCUT2D eigenvalue weighted by Gasteiger charge is 2.11. The van der Waals surface area contributed by atoms with Crippen molar-refractivity contribution in [2.24, 2.45) is 0 Å². The van der Waals surface area contributed by atoms with Crippen molar-refractivity contribution >= 4 is 0 Å². The van der Waals surface area contributed by atoms with Gasteiger partial charge in [0.05, 0.1) is 0 Å². The van der Waals surface area contributed by atoms with E-state index in [1.165, 1.54) is 6.54 Å². The van der Waals surface area contributed by atoms with Crippen LogP contribution in [0.15, 0.2) is 0 Å². The van der Waals surface area contributed by atoms with Crippen molar-refractivity contribution in [1.82, 2.24) is 19.6 Å². The minimum atomic E-state index is 0.628. The molecule has 0 aromatic rings. The number of rotatable bonds is 12. The fourth-order valence-corrected chi connectivity index (χ4v) is 1.92. The van der Waals surface area contributed by atoms with E-state index in [-0.39, 0.29) is 0 Å². The second kappa shape index (κ2) is 15.4. The zero-order chi connectivity index (χ0) is 18.4. The Morgan fingerprint density at radius 2 is 0.957 bits per heavy atom. The Morgan fingerprint density at radius 3 is 1.26 bits per heavy atom. The number of likely N-dealkylation sites (N-methyl/N-ethyl adjacent to an activating group) is 3. The molecule has 0 aliphatic heterocycles. The fraction of sp³-hybridized carbons (Fsp3) is 1.00. The van der Waals surface area contributed by atoms with Gasteiger partial charge in [-0.1, -0.05) is 20.8 Å². The first-order valence-corrected chi connectivity index (χ1v) is 9.59. The van der Waals surface area contributed by atoms with Crippen LogP contribution < -0.4 is 0 Å². The van der Waals surface area contributed by atoms with E-state index >= 15 is 0 Å². The summed E-state index contributed by atoms with van der Waals surface area (Å²) in [7, 11) is 6.65. The van der Waals surface area contributed by atoms with E-state index in [0.717, 1.165) is 39.3 Å². The van der Waals surface area contributed by atoms with Crippen molar-refractivity contribution in [3.05, 3.63) is 0 Å². The van der Waals surface area contributed by atoms with Crippen LogP contribution in [0.25, 0.3) is 0 Å². The van der Waals surface area contributed by atoms with Gasteiger partial charge in [-0.05, 0) is 55.4 Å². The van der Waals surface area contributed by atoms with Gasteiger partial charge < -0.3 is 14.7 Å². The minimum Gasteiger partial charge on any atom is -0.305 e. The Bertz CT molecular complexity index is 226. The lowest BCUT2D eigenvalue weighted by atomic mass is 10.3. The first-order valence-electron chi connectivity index (χ1n) is 9.59. The minimum absolute atomic E-state index is 0.628. The maximum atomic E-state index is 2.62. The summed E-state index contributed by atoms with van der Waals surface area (Å²) in [5, 5.41) is 0. The molecular formula is C19H46N4. The van der Waals surface area contributed by atoms with Crippen LogP contribution in [0.2, 0.25) is 0 Å². The molecule has 0 spiro atoms. The molecule has 142 valence electrons. The fourth-order valence-electron chi connectivity index (χ4n) is 1.92. The molecule has 0 heterocycles. The quantitative estimate of drug-likeness (QED) is 0.545. The highest BCUT2D eigenvalue weighted by atomic mass is 15.2. The van der Waals surface area contributed by atoms with Crippen molar-refractivity contribution in [2.75, 3.05) is 67.0 Å². The predicted molar refractivity (Wildman–Crippen MR) is 106 cm³/mol. The topological polar surface area (TPSA) is 13.0 Å². The summed E-state index contributed by atoms with van der Waals surface area (Å²) >= 11 is 0. The van der Waals surface area contributed by atoms with Crippen molar-refractivity contribution < 1.29 is 0 Å². The molecule has 0 amide bonds. The van der Waals surface area contributed by atoms with Crippen molar-refractivity contribution in [3.8, 4) is 0 Å². The third kappa shape index (κ3) is 13.9. The lowest BCUT2D eigenvalue weighted by Gasteiger charge is -2.31. The largest absolute Gasteiger partial charge is 0.305 e. The molecule has 0 aromatic carbocycles. The molecule has 0 rings (SSSR count). The maximum Gasteiger partial charge on any atom is 0.0110 e. The third-order valence-corrected chi connectivity index (χ3v) is 4.64. The average Bonchev–Trinajstić information content (AvgIpc) is 2.54. The van der Waals surface area contributed by atoms with Crippen LogP contribution in [0.3, 0.4) is 0 Å². The van der Waals surface area contributed by atoms with Crippen molar-refractivity contribution in [1.29, 1.82) is 0 Å². The summed E-state index contributed by atoms with van der Waals surface area (Å²) in [5.41, 5.74) is 0. The highest BCUT2D eigenvalue weighted by Crippen LogP contribution is 1.99. The third-order valence-electron chi connectivity index (χ3n) is 4.64. The molecule has 0 unspecified atom stereocenters. The van der Waals surface area contributed by atoms with Crippen molar-refractivity contribution in [2.45, 2.75) is 60.5 Å². The number of hydrogen-bond acceptors (Lipinski definition) is 4. The Labute approximate surface area is 147 Å². The first kappa shape index (κ1) is 25.1. The molecule has 0 saturated heterocycles. The van der Waals surface area contributed by atoms with E-state index in [0.29, 0.717) is 12.1 Å². The molecule has 0 bridgehead atoms. The van der Waals surface area contributed by atoms with E-state index < -0.39 is 0 Å². The predicted octanol–water partition coefficient (Wildman–Crippen LogP) is 2.95. The summed E-state index contributed by atoms with van der Waals surface area (Å²) in [4.78, 5) is 9.88. The lowest BCUT2D eigenvalue weighted by Crippen LogP contribution is -2.43. The second-order valence-corrected chi connectivity index (χ2v) is 6.89. The Hall–Kier alpha value is -0.160. The SMILES string of the molecule is CC.CCN(C)CCN(CCN(C)C(C)C)CCN(C)C(C)C. The number of nitrogens with zero attached hydrogens (tertiary/aromatic N) is 4. The van der Waals surface area contributed by atoms with Gasteiger partial charge in [0.1, 0.15) is 0 Å². The van der Waals surface area contributed by atoms with Gasteiger partial charge in [0.25, 0.3) is 0 Å². The normalized spacial score (nSPS) is 12.0. The van der Waals surface area contributed by atoms with E-state index in [1.807, 2.05) is 13.8 Å². The van der Waals surface area contributed by atoms with Gasteiger partial charge in [0.2, 0.25) is 0 Å². The summed E-state index contributed by atoms with van der Waals surface area (Å²) in [5.74, 6) is 0. The van der Waals surface area contributed by atoms with Crippen LogP contribution in [0.5, 0.6) is 0 Å². The average molecular weight is 331 g/mol. The summed E-state index contributed by atoms with van der Waals surface area (Å²) in [6, 6.07) is 1.26. The van der Waals surface area contributed by atoms with Crippen LogP contribution in [0.4, 0.5) is 0 Å². The first-order chi connectivity index (χ1) is 10.8. The van der Waals surface area contributed by atoms with Gasteiger partial charge in [-0.25, -0.2) is 0 Å². The Morgan fingerprint density at radius 1 is 0.609 bits per heavy atom. The van der Waals surface area contributed by atoms with E-state index in [2.05, 4.69) is 75.4 Å². The molecule has 0 radical (unpaired) electrons. The van der Waals surface area contributed by atoms with Gasteiger partial charge in [-0.15, -0.1) is 0 Å². The zero-order valence-corrected chi connectivity index (χ0v) is 17.9.